The molecule has 0 aliphatic rings. The quantitative estimate of drug-likeness (QED) is 0.191. The number of hydrogen-bond acceptors (Lipinski definition) is 4. The fraction of sp³-hybridized carbons (Fsp3) is 0.290. The van der Waals surface area contributed by atoms with Crippen molar-refractivity contribution in [2.24, 2.45) is 0 Å². The molecule has 5 nitrogen and oxygen atoms in total. The number of nitrogens with one attached hydrogen (secondary N) is 2. The molecule has 0 aliphatic heterocycles. The van der Waals surface area contributed by atoms with Gasteiger partial charge in [-0.15, -0.1) is 0 Å². The van der Waals surface area contributed by atoms with Gasteiger partial charge >= 0.3 is 0 Å². The summed E-state index contributed by atoms with van der Waals surface area (Å²) >= 11 is 6.74. The summed E-state index contributed by atoms with van der Waals surface area (Å²) in [5.74, 6) is 1.59. The van der Waals surface area contributed by atoms with E-state index in [0.29, 0.717) is 11.9 Å². The third-order valence-electron chi connectivity index (χ3n) is 6.84. The summed E-state index contributed by atoms with van der Waals surface area (Å²) in [5.41, 5.74) is 5.31. The standard InChI is InChI=1S/C31H34ClN5/c1-4-33-18-10-12-22(3)34-30-25-16-8-11-21(2)28(25)35-31(36-30)26-20-37(19-23-13-6-5-7-14-23)29-24(26)15-9-17-27(29)32/h5-9,11,13-17,20,22,33H,4,10,12,18-19H2,1-3H3,(H,34,35,36). The predicted molar refractivity (Wildman–Crippen MR) is 157 cm³/mol. The summed E-state index contributed by atoms with van der Waals surface area (Å²) < 4.78 is 2.21. The van der Waals surface area contributed by atoms with E-state index in [1.54, 1.807) is 0 Å². The zero-order valence-corrected chi connectivity index (χ0v) is 22.5. The summed E-state index contributed by atoms with van der Waals surface area (Å²) in [6.45, 7) is 9.23. The Balaban J connectivity index is 1.59. The summed E-state index contributed by atoms with van der Waals surface area (Å²) in [6.07, 6.45) is 4.32. The Kier molecular flexibility index (Phi) is 7.73. The lowest BCUT2D eigenvalue weighted by molar-refractivity contribution is 0.602. The van der Waals surface area contributed by atoms with Gasteiger partial charge in [-0.25, -0.2) is 9.97 Å². The van der Waals surface area contributed by atoms with Gasteiger partial charge in [-0.2, -0.15) is 0 Å². The Hall–Kier alpha value is -3.41. The normalized spacial score (nSPS) is 12.3. The number of rotatable bonds is 10. The van der Waals surface area contributed by atoms with Crippen molar-refractivity contribution >= 4 is 39.2 Å². The number of aromatic nitrogens is 3. The second-order valence-electron chi connectivity index (χ2n) is 9.70. The highest BCUT2D eigenvalue weighted by Crippen LogP contribution is 2.35. The summed E-state index contributed by atoms with van der Waals surface area (Å²) in [7, 11) is 0. The van der Waals surface area contributed by atoms with Crippen molar-refractivity contribution in [3.8, 4) is 11.4 Å². The first-order chi connectivity index (χ1) is 18.0. The minimum Gasteiger partial charge on any atom is -0.367 e. The maximum absolute atomic E-state index is 6.74. The molecule has 0 bridgehead atoms. The molecule has 1 unspecified atom stereocenters. The van der Waals surface area contributed by atoms with E-state index in [2.05, 4.69) is 90.7 Å². The van der Waals surface area contributed by atoms with Crippen molar-refractivity contribution < 1.29 is 0 Å². The molecule has 1 atom stereocenters. The summed E-state index contributed by atoms with van der Waals surface area (Å²) in [4.78, 5) is 10.2. The molecule has 2 heterocycles. The van der Waals surface area contributed by atoms with Gasteiger partial charge in [0.15, 0.2) is 5.82 Å². The van der Waals surface area contributed by atoms with E-state index in [0.717, 1.165) is 76.2 Å². The largest absolute Gasteiger partial charge is 0.367 e. The van der Waals surface area contributed by atoms with Crippen LogP contribution in [-0.4, -0.2) is 33.7 Å². The van der Waals surface area contributed by atoms with E-state index in [4.69, 9.17) is 21.6 Å². The number of anilines is 1. The molecule has 0 spiro atoms. The lowest BCUT2D eigenvalue weighted by Crippen LogP contribution is -2.20. The average molecular weight is 512 g/mol. The molecule has 0 amide bonds. The fourth-order valence-electron chi connectivity index (χ4n) is 4.94. The van der Waals surface area contributed by atoms with Crippen LogP contribution in [0.2, 0.25) is 5.02 Å². The highest BCUT2D eigenvalue weighted by molar-refractivity contribution is 6.35. The monoisotopic (exact) mass is 511 g/mol. The molecule has 3 aromatic carbocycles. The van der Waals surface area contributed by atoms with Crippen molar-refractivity contribution in [2.75, 3.05) is 18.4 Å². The number of aryl methyl sites for hydroxylation is 1. The number of fused-ring (bicyclic) bond motifs is 2. The molecule has 0 aliphatic carbocycles. The van der Waals surface area contributed by atoms with Gasteiger partial charge in [-0.1, -0.05) is 73.1 Å². The van der Waals surface area contributed by atoms with Crippen LogP contribution in [0.1, 0.15) is 37.8 Å². The highest BCUT2D eigenvalue weighted by atomic mass is 35.5. The van der Waals surface area contributed by atoms with Crippen molar-refractivity contribution in [2.45, 2.75) is 46.2 Å². The first-order valence-corrected chi connectivity index (χ1v) is 13.5. The minimum absolute atomic E-state index is 0.291. The molecule has 0 radical (unpaired) electrons. The first kappa shape index (κ1) is 25.2. The van der Waals surface area contributed by atoms with Crippen LogP contribution in [0.3, 0.4) is 0 Å². The lowest BCUT2D eigenvalue weighted by atomic mass is 10.1. The molecule has 0 saturated heterocycles. The second-order valence-corrected chi connectivity index (χ2v) is 10.1. The Morgan fingerprint density at radius 1 is 0.946 bits per heavy atom. The summed E-state index contributed by atoms with van der Waals surface area (Å²) in [6, 6.07) is 23.1. The van der Waals surface area contributed by atoms with Crippen LogP contribution < -0.4 is 10.6 Å². The average Bonchev–Trinajstić information content (AvgIpc) is 3.27. The second kappa shape index (κ2) is 11.3. The van der Waals surface area contributed by atoms with E-state index >= 15 is 0 Å². The fourth-order valence-corrected chi connectivity index (χ4v) is 5.22. The van der Waals surface area contributed by atoms with Crippen molar-refractivity contribution in [3.05, 3.63) is 89.1 Å². The number of benzene rings is 3. The molecule has 6 heteroatoms. The number of hydrogen-bond donors (Lipinski definition) is 2. The Morgan fingerprint density at radius 2 is 1.73 bits per heavy atom. The third-order valence-corrected chi connectivity index (χ3v) is 7.14. The molecule has 0 saturated carbocycles. The molecular weight excluding hydrogens is 478 g/mol. The van der Waals surface area contributed by atoms with E-state index in [1.165, 1.54) is 5.56 Å². The van der Waals surface area contributed by atoms with Gasteiger partial charge in [0.1, 0.15) is 5.82 Å². The van der Waals surface area contributed by atoms with Gasteiger partial charge in [0.25, 0.3) is 0 Å². The van der Waals surface area contributed by atoms with Crippen LogP contribution in [0.5, 0.6) is 0 Å². The first-order valence-electron chi connectivity index (χ1n) is 13.1. The Labute approximate surface area is 223 Å². The number of nitrogens with zero attached hydrogens (tertiary/aromatic N) is 3. The molecule has 190 valence electrons. The van der Waals surface area contributed by atoms with Crippen LogP contribution in [0, 0.1) is 6.92 Å². The van der Waals surface area contributed by atoms with Crippen molar-refractivity contribution in [1.29, 1.82) is 0 Å². The molecule has 2 aromatic heterocycles. The van der Waals surface area contributed by atoms with Crippen molar-refractivity contribution in [3.63, 3.8) is 0 Å². The maximum atomic E-state index is 6.74. The lowest BCUT2D eigenvalue weighted by Gasteiger charge is -2.17. The van der Waals surface area contributed by atoms with Gasteiger partial charge in [0.2, 0.25) is 0 Å². The van der Waals surface area contributed by atoms with E-state index < -0.39 is 0 Å². The van der Waals surface area contributed by atoms with E-state index in [-0.39, 0.29) is 0 Å². The van der Waals surface area contributed by atoms with Crippen LogP contribution in [-0.2, 0) is 6.54 Å². The minimum atomic E-state index is 0.291. The van der Waals surface area contributed by atoms with Gasteiger partial charge in [-0.3, -0.25) is 0 Å². The van der Waals surface area contributed by atoms with Crippen LogP contribution in [0.4, 0.5) is 5.82 Å². The summed E-state index contributed by atoms with van der Waals surface area (Å²) in [5, 5.41) is 9.94. The third kappa shape index (κ3) is 5.48. The molecule has 5 rings (SSSR count). The van der Waals surface area contributed by atoms with Gasteiger partial charge in [0.05, 0.1) is 16.1 Å². The van der Waals surface area contributed by atoms with E-state index in [9.17, 15) is 0 Å². The molecule has 0 fully saturated rings. The zero-order chi connectivity index (χ0) is 25.8. The molecule has 5 aromatic rings. The Bertz CT molecular complexity index is 1510. The van der Waals surface area contributed by atoms with Crippen LogP contribution in [0.25, 0.3) is 33.2 Å². The van der Waals surface area contributed by atoms with Crippen LogP contribution >= 0.6 is 11.6 Å². The Morgan fingerprint density at radius 3 is 2.54 bits per heavy atom. The topological polar surface area (TPSA) is 54.8 Å². The van der Waals surface area contributed by atoms with Crippen LogP contribution in [0.15, 0.2) is 72.9 Å². The molecule has 37 heavy (non-hydrogen) atoms. The smallest absolute Gasteiger partial charge is 0.164 e. The van der Waals surface area contributed by atoms with Crippen molar-refractivity contribution in [1.82, 2.24) is 19.9 Å². The zero-order valence-electron chi connectivity index (χ0n) is 21.8. The van der Waals surface area contributed by atoms with Gasteiger partial charge in [0, 0.05) is 35.1 Å². The van der Waals surface area contributed by atoms with E-state index in [1.807, 2.05) is 18.2 Å². The number of para-hydroxylation sites is 2. The van der Waals surface area contributed by atoms with Gasteiger partial charge in [-0.05, 0) is 63.0 Å². The molecular formula is C31H34ClN5. The predicted octanol–water partition coefficient (Wildman–Crippen LogP) is 7.45. The molecule has 2 N–H and O–H groups in total. The maximum Gasteiger partial charge on any atom is 0.164 e. The van der Waals surface area contributed by atoms with Gasteiger partial charge < -0.3 is 15.2 Å². The SMILES string of the molecule is CCNCCCC(C)Nc1nc(-c2cn(Cc3ccccc3)c3c(Cl)cccc23)nc2c(C)cccc12. The highest BCUT2D eigenvalue weighted by Gasteiger charge is 2.18. The number of halogens is 1.